The molecule has 1 aliphatic rings. The smallest absolute Gasteiger partial charge is 0.260 e. The molecule has 28 heavy (non-hydrogen) atoms. The van der Waals surface area contributed by atoms with Gasteiger partial charge in [-0.15, -0.1) is 0 Å². The predicted octanol–water partition coefficient (Wildman–Crippen LogP) is 0.318. The molecule has 0 atom stereocenters. The van der Waals surface area contributed by atoms with Crippen LogP contribution in [0.15, 0.2) is 36.5 Å². The number of carbonyl (C=O) groups is 3. The quantitative estimate of drug-likeness (QED) is 0.266. The van der Waals surface area contributed by atoms with Gasteiger partial charge in [-0.3, -0.25) is 19.7 Å². The highest BCUT2D eigenvalue weighted by Gasteiger charge is 2.26. The summed E-state index contributed by atoms with van der Waals surface area (Å²) < 4.78 is 0. The lowest BCUT2D eigenvalue weighted by Gasteiger charge is -2.19. The predicted molar refractivity (Wildman–Crippen MR) is 109 cm³/mol. The molecule has 0 saturated carbocycles. The number of amides is 3. The molecular weight excluding hydrogens is 357 g/mol. The molecule has 0 fully saturated rings. The number of phenolic OH excluding ortho intramolecular Hbond substituents is 1. The molecule has 0 bridgehead atoms. The van der Waals surface area contributed by atoms with Gasteiger partial charge >= 0.3 is 0 Å². The topological polar surface area (TPSA) is 108 Å². The lowest BCUT2D eigenvalue weighted by molar-refractivity contribution is -0.115. The first-order chi connectivity index (χ1) is 13.3. The van der Waals surface area contributed by atoms with Crippen LogP contribution < -0.4 is 21.4 Å². The number of benzene rings is 2. The van der Waals surface area contributed by atoms with Crippen LogP contribution in [0, 0.1) is 6.92 Å². The van der Waals surface area contributed by atoms with Gasteiger partial charge in [0.1, 0.15) is 13.6 Å². The fourth-order valence-electron chi connectivity index (χ4n) is 3.09. The first kappa shape index (κ1) is 19.2. The lowest BCUT2D eigenvalue weighted by Crippen LogP contribution is -2.37. The van der Waals surface area contributed by atoms with Crippen LogP contribution in [0.25, 0.3) is 5.57 Å². The van der Waals surface area contributed by atoms with Gasteiger partial charge in [0.05, 0.1) is 11.3 Å². The van der Waals surface area contributed by atoms with Crippen molar-refractivity contribution in [1.82, 2.24) is 10.6 Å². The molecule has 0 spiro atoms. The molecule has 2 aromatic carbocycles. The number of hydrogen-bond acceptors (Lipinski definition) is 5. The minimum absolute atomic E-state index is 0.0203. The van der Waals surface area contributed by atoms with Gasteiger partial charge in [0.25, 0.3) is 11.8 Å². The van der Waals surface area contributed by atoms with Crippen molar-refractivity contribution in [2.75, 3.05) is 5.32 Å². The summed E-state index contributed by atoms with van der Waals surface area (Å²) in [6.07, 6.45) is 1.57. The maximum Gasteiger partial charge on any atom is 0.260 e. The summed E-state index contributed by atoms with van der Waals surface area (Å²) in [6, 6.07) is 8.77. The van der Waals surface area contributed by atoms with Crippen molar-refractivity contribution in [3.63, 3.8) is 0 Å². The molecule has 0 aromatic heterocycles. The van der Waals surface area contributed by atoms with Crippen LogP contribution >= 0.6 is 0 Å². The minimum atomic E-state index is -0.462. The third-order valence-electron chi connectivity index (χ3n) is 4.41. The van der Waals surface area contributed by atoms with Crippen LogP contribution in [0.3, 0.4) is 0 Å². The Morgan fingerprint density at radius 2 is 1.93 bits per heavy atom. The third kappa shape index (κ3) is 3.90. The van der Waals surface area contributed by atoms with E-state index in [0.717, 1.165) is 11.0 Å². The van der Waals surface area contributed by atoms with Crippen LogP contribution in [0.5, 0.6) is 5.75 Å². The van der Waals surface area contributed by atoms with Gasteiger partial charge in [-0.2, -0.15) is 0 Å². The largest absolute Gasteiger partial charge is 0.505 e. The van der Waals surface area contributed by atoms with E-state index in [2.05, 4.69) is 16.0 Å². The molecule has 7 nitrogen and oxygen atoms in total. The summed E-state index contributed by atoms with van der Waals surface area (Å²) in [5, 5.41) is 18.1. The fourth-order valence-corrected chi connectivity index (χ4v) is 3.09. The van der Waals surface area contributed by atoms with E-state index in [9.17, 15) is 19.5 Å². The minimum Gasteiger partial charge on any atom is -0.505 e. The zero-order chi connectivity index (χ0) is 20.4. The molecule has 0 unspecified atom stereocenters. The molecular formula is C20H20BN3O4. The molecule has 1 heterocycles. The van der Waals surface area contributed by atoms with Gasteiger partial charge in [0, 0.05) is 30.8 Å². The second kappa shape index (κ2) is 7.60. The molecule has 3 amide bonds. The van der Waals surface area contributed by atoms with Crippen molar-refractivity contribution in [1.29, 1.82) is 0 Å². The molecule has 8 heteroatoms. The summed E-state index contributed by atoms with van der Waals surface area (Å²) >= 11 is 0. The SMILES string of the molecule is Bc1ccc2c(c1)/C(=C/NCc1cc(C)c(O)c(NC(C)=O)c1)C(=O)NC2=O. The number of aromatic hydroxyl groups is 1. The van der Waals surface area contributed by atoms with E-state index in [-0.39, 0.29) is 11.7 Å². The highest BCUT2D eigenvalue weighted by Crippen LogP contribution is 2.29. The Hall–Kier alpha value is -3.55. The van der Waals surface area contributed by atoms with Crippen LogP contribution in [0.4, 0.5) is 5.69 Å². The average molecular weight is 377 g/mol. The van der Waals surface area contributed by atoms with Crippen molar-refractivity contribution < 1.29 is 19.5 Å². The Balaban J connectivity index is 1.85. The van der Waals surface area contributed by atoms with E-state index in [1.54, 1.807) is 37.4 Å². The Morgan fingerprint density at radius 3 is 2.64 bits per heavy atom. The molecule has 3 rings (SSSR count). The van der Waals surface area contributed by atoms with Crippen molar-refractivity contribution in [3.8, 4) is 5.75 Å². The summed E-state index contributed by atoms with van der Waals surface area (Å²) in [4.78, 5) is 35.6. The maximum absolute atomic E-state index is 12.3. The van der Waals surface area contributed by atoms with Crippen LogP contribution in [0.1, 0.15) is 34.0 Å². The molecule has 0 aliphatic carbocycles. The highest BCUT2D eigenvalue weighted by atomic mass is 16.3. The first-order valence-electron chi connectivity index (χ1n) is 8.76. The number of phenols is 1. The molecule has 1 aliphatic heterocycles. The van der Waals surface area contributed by atoms with Gasteiger partial charge in [-0.25, -0.2) is 0 Å². The van der Waals surface area contributed by atoms with Crippen LogP contribution in [-0.2, 0) is 16.1 Å². The van der Waals surface area contributed by atoms with Crippen molar-refractivity contribution >= 4 is 42.3 Å². The Bertz CT molecular complexity index is 1030. The monoisotopic (exact) mass is 377 g/mol. The molecule has 0 radical (unpaired) electrons. The molecule has 4 N–H and O–H groups in total. The van der Waals surface area contributed by atoms with E-state index >= 15 is 0 Å². The van der Waals surface area contributed by atoms with Crippen molar-refractivity contribution in [2.45, 2.75) is 20.4 Å². The van der Waals surface area contributed by atoms with Gasteiger partial charge < -0.3 is 15.7 Å². The van der Waals surface area contributed by atoms with Gasteiger partial charge in [0.15, 0.2) is 0 Å². The zero-order valence-corrected chi connectivity index (χ0v) is 15.8. The summed E-state index contributed by atoms with van der Waals surface area (Å²) in [6.45, 7) is 3.47. The highest BCUT2D eigenvalue weighted by molar-refractivity contribution is 6.35. The number of imide groups is 1. The van der Waals surface area contributed by atoms with Gasteiger partial charge in [0.2, 0.25) is 5.91 Å². The number of anilines is 1. The second-order valence-corrected chi connectivity index (χ2v) is 6.76. The Morgan fingerprint density at radius 1 is 1.18 bits per heavy atom. The standard InChI is InChI=1S/C20H20BN3O4/c1-10-5-12(6-17(18(10)26)23-11(2)25)8-22-9-16-15-7-13(21)3-4-14(15)19(27)24-20(16)28/h3-7,9,22,26H,8,21H2,1-2H3,(H,23,25)(H,24,27,28)/b16-9-. The number of hydrogen-bond donors (Lipinski definition) is 4. The Kier molecular flexibility index (Phi) is 5.22. The van der Waals surface area contributed by atoms with Crippen LogP contribution in [-0.4, -0.2) is 30.7 Å². The zero-order valence-electron chi connectivity index (χ0n) is 15.8. The third-order valence-corrected chi connectivity index (χ3v) is 4.41. The number of fused-ring (bicyclic) bond motifs is 1. The normalized spacial score (nSPS) is 14.4. The van der Waals surface area contributed by atoms with Crippen molar-refractivity contribution in [3.05, 3.63) is 58.8 Å². The number of aryl methyl sites for hydroxylation is 1. The maximum atomic E-state index is 12.3. The Labute approximate surface area is 163 Å². The van der Waals surface area contributed by atoms with E-state index < -0.39 is 11.8 Å². The molecule has 0 saturated heterocycles. The van der Waals surface area contributed by atoms with Crippen LogP contribution in [0.2, 0.25) is 0 Å². The van der Waals surface area contributed by atoms with E-state index in [1.165, 1.54) is 6.92 Å². The number of rotatable bonds is 4. The molecule has 2 aromatic rings. The second-order valence-electron chi connectivity index (χ2n) is 6.76. The number of carbonyl (C=O) groups excluding carboxylic acids is 3. The summed E-state index contributed by atoms with van der Waals surface area (Å²) in [5.41, 5.74) is 4.12. The van der Waals surface area contributed by atoms with E-state index in [0.29, 0.717) is 34.5 Å². The van der Waals surface area contributed by atoms with Crippen molar-refractivity contribution in [2.24, 2.45) is 0 Å². The fraction of sp³-hybridized carbons (Fsp3) is 0.150. The van der Waals surface area contributed by atoms with E-state index in [4.69, 9.17) is 0 Å². The first-order valence-corrected chi connectivity index (χ1v) is 8.76. The lowest BCUT2D eigenvalue weighted by atomic mass is 9.87. The average Bonchev–Trinajstić information content (AvgIpc) is 2.61. The number of nitrogens with one attached hydrogen (secondary N) is 3. The van der Waals surface area contributed by atoms with Gasteiger partial charge in [-0.1, -0.05) is 23.7 Å². The van der Waals surface area contributed by atoms with E-state index in [1.807, 2.05) is 13.9 Å². The summed E-state index contributed by atoms with van der Waals surface area (Å²) in [5.74, 6) is -1.13. The molecule has 142 valence electrons. The van der Waals surface area contributed by atoms with Gasteiger partial charge in [-0.05, 0) is 30.2 Å². The summed E-state index contributed by atoms with van der Waals surface area (Å²) in [7, 11) is 1.89.